The van der Waals surface area contributed by atoms with Crippen molar-refractivity contribution in [2.75, 3.05) is 0 Å². The second-order valence-corrected chi connectivity index (χ2v) is 4.84. The van der Waals surface area contributed by atoms with E-state index in [0.717, 1.165) is 12.2 Å². The molecule has 2 N–H and O–H groups in total. The van der Waals surface area contributed by atoms with Crippen LogP contribution in [0.25, 0.3) is 6.08 Å². The highest BCUT2D eigenvalue weighted by Gasteiger charge is 2.11. The molecular formula is C16H16F2N4O4. The zero-order valence-electron chi connectivity index (χ0n) is 13.7. The van der Waals surface area contributed by atoms with Gasteiger partial charge in [0, 0.05) is 17.7 Å². The molecule has 0 bridgehead atoms. The molecule has 0 radical (unpaired) electrons. The van der Waals surface area contributed by atoms with Gasteiger partial charge in [0.05, 0.1) is 6.54 Å². The summed E-state index contributed by atoms with van der Waals surface area (Å²) in [5.41, 5.74) is 0.855. The van der Waals surface area contributed by atoms with Crippen LogP contribution in [0.1, 0.15) is 28.9 Å². The maximum atomic E-state index is 12.8. The minimum atomic E-state index is -2.60. The number of nitrogens with zero attached hydrogens (tertiary/aromatic N) is 4. The van der Waals surface area contributed by atoms with Gasteiger partial charge in [-0.3, -0.25) is 0 Å². The van der Waals surface area contributed by atoms with Crippen molar-refractivity contribution < 1.29 is 28.6 Å². The van der Waals surface area contributed by atoms with E-state index in [-0.39, 0.29) is 12.1 Å². The highest BCUT2D eigenvalue weighted by Crippen LogP contribution is 2.23. The van der Waals surface area contributed by atoms with Crippen molar-refractivity contribution >= 4 is 18.0 Å². The summed E-state index contributed by atoms with van der Waals surface area (Å²) in [6.45, 7) is 4.74. The Morgan fingerprint density at radius 3 is 2.42 bits per heavy atom. The van der Waals surface area contributed by atoms with Crippen molar-refractivity contribution in [2.24, 2.45) is 0 Å². The SMILES string of the molecule is C=CC(=O)O.Cc1nnn(Cc2cc(C(F)F)ccc2/C=C/C(=O)O)n1. The number of aromatic nitrogens is 4. The first-order valence-corrected chi connectivity index (χ1v) is 7.14. The van der Waals surface area contributed by atoms with E-state index < -0.39 is 18.4 Å². The van der Waals surface area contributed by atoms with Gasteiger partial charge in [0.1, 0.15) is 0 Å². The van der Waals surface area contributed by atoms with E-state index in [9.17, 15) is 18.4 Å². The number of aryl methyl sites for hydroxylation is 1. The Morgan fingerprint density at radius 1 is 1.31 bits per heavy atom. The van der Waals surface area contributed by atoms with Gasteiger partial charge in [0.25, 0.3) is 6.43 Å². The first kappa shape index (κ1) is 20.6. The number of hydrogen-bond acceptors (Lipinski definition) is 5. The lowest BCUT2D eigenvalue weighted by atomic mass is 10.0. The molecule has 1 aromatic carbocycles. The van der Waals surface area contributed by atoms with Crippen LogP contribution in [0.2, 0.25) is 0 Å². The Kier molecular flexibility index (Phi) is 7.74. The molecule has 2 rings (SSSR count). The largest absolute Gasteiger partial charge is 0.478 e. The summed E-state index contributed by atoms with van der Waals surface area (Å²) >= 11 is 0. The molecule has 1 aromatic heterocycles. The second kappa shape index (κ2) is 9.77. The van der Waals surface area contributed by atoms with Crippen LogP contribution in [0, 0.1) is 6.92 Å². The molecule has 0 aliphatic heterocycles. The van der Waals surface area contributed by atoms with E-state index >= 15 is 0 Å². The number of halogens is 2. The van der Waals surface area contributed by atoms with Gasteiger partial charge in [-0.2, -0.15) is 4.80 Å². The fourth-order valence-corrected chi connectivity index (χ4v) is 1.76. The number of hydrogen-bond donors (Lipinski definition) is 2. The number of benzene rings is 1. The van der Waals surface area contributed by atoms with Crippen LogP contribution in [0.4, 0.5) is 8.78 Å². The summed E-state index contributed by atoms with van der Waals surface area (Å²) in [7, 11) is 0. The lowest BCUT2D eigenvalue weighted by Gasteiger charge is -2.08. The predicted molar refractivity (Wildman–Crippen MR) is 87.6 cm³/mol. The molecule has 0 saturated carbocycles. The molecule has 0 saturated heterocycles. The van der Waals surface area contributed by atoms with E-state index in [4.69, 9.17) is 10.2 Å². The Hall–Kier alpha value is -3.43. The van der Waals surface area contributed by atoms with Crippen molar-refractivity contribution in [3.8, 4) is 0 Å². The molecule has 0 aliphatic rings. The summed E-state index contributed by atoms with van der Waals surface area (Å²) in [6.07, 6.45) is 0.518. The van der Waals surface area contributed by atoms with Gasteiger partial charge >= 0.3 is 11.9 Å². The zero-order valence-corrected chi connectivity index (χ0v) is 13.7. The maximum Gasteiger partial charge on any atom is 0.328 e. The maximum absolute atomic E-state index is 12.8. The third-order valence-electron chi connectivity index (χ3n) is 2.86. The van der Waals surface area contributed by atoms with Gasteiger partial charge < -0.3 is 10.2 Å². The summed E-state index contributed by atoms with van der Waals surface area (Å²) in [4.78, 5) is 21.1. The standard InChI is InChI=1S/C13H12F2N4O2.C3H4O2/c1-8-16-18-19(17-8)7-11-6-10(13(14)15)3-2-9(11)4-5-12(20)21;1-2-3(4)5/h2-6,13H,7H2,1H3,(H,20,21);2H,1H2,(H,4,5)/b5-4+;. The van der Waals surface area contributed by atoms with Crippen LogP contribution in [0.3, 0.4) is 0 Å². The smallest absolute Gasteiger partial charge is 0.328 e. The molecule has 2 aromatic rings. The minimum Gasteiger partial charge on any atom is -0.478 e. The Bertz CT molecular complexity index is 818. The number of alkyl halides is 2. The first-order valence-electron chi connectivity index (χ1n) is 7.14. The molecule has 138 valence electrons. The summed E-state index contributed by atoms with van der Waals surface area (Å²) in [5.74, 6) is -1.64. The highest BCUT2D eigenvalue weighted by atomic mass is 19.3. The lowest BCUT2D eigenvalue weighted by Crippen LogP contribution is -2.06. The van der Waals surface area contributed by atoms with Gasteiger partial charge in [-0.25, -0.2) is 18.4 Å². The van der Waals surface area contributed by atoms with E-state index in [1.54, 1.807) is 6.92 Å². The summed E-state index contributed by atoms with van der Waals surface area (Å²) < 4.78 is 25.5. The molecule has 0 spiro atoms. The lowest BCUT2D eigenvalue weighted by molar-refractivity contribution is -0.132. The number of rotatable bonds is 6. The molecule has 0 atom stereocenters. The van der Waals surface area contributed by atoms with E-state index in [0.29, 0.717) is 17.0 Å². The normalized spacial score (nSPS) is 10.5. The Balaban J connectivity index is 0.000000597. The van der Waals surface area contributed by atoms with Gasteiger partial charge in [-0.05, 0) is 35.4 Å². The van der Waals surface area contributed by atoms with E-state index in [2.05, 4.69) is 22.0 Å². The summed E-state index contributed by atoms with van der Waals surface area (Å²) in [6, 6.07) is 4.01. The molecule has 0 unspecified atom stereocenters. The van der Waals surface area contributed by atoms with Crippen LogP contribution in [0.15, 0.2) is 36.9 Å². The number of carbonyl (C=O) groups is 2. The zero-order chi connectivity index (χ0) is 19.7. The van der Waals surface area contributed by atoms with Gasteiger partial charge in [-0.1, -0.05) is 18.7 Å². The fraction of sp³-hybridized carbons (Fsp3) is 0.188. The molecule has 26 heavy (non-hydrogen) atoms. The van der Waals surface area contributed by atoms with Crippen molar-refractivity contribution in [3.05, 3.63) is 59.4 Å². The average Bonchev–Trinajstić information content (AvgIpc) is 2.98. The molecular weight excluding hydrogens is 350 g/mol. The molecule has 0 fully saturated rings. The van der Waals surface area contributed by atoms with E-state index in [1.807, 2.05) is 0 Å². The Labute approximate surface area is 147 Å². The summed E-state index contributed by atoms with van der Waals surface area (Å²) in [5, 5.41) is 27.7. The second-order valence-electron chi connectivity index (χ2n) is 4.84. The van der Waals surface area contributed by atoms with Crippen molar-refractivity contribution in [1.29, 1.82) is 0 Å². The fourth-order valence-electron chi connectivity index (χ4n) is 1.76. The van der Waals surface area contributed by atoms with E-state index in [1.165, 1.54) is 29.1 Å². The topological polar surface area (TPSA) is 118 Å². The van der Waals surface area contributed by atoms with Crippen molar-refractivity contribution in [2.45, 2.75) is 19.9 Å². The first-order chi connectivity index (χ1) is 12.2. The highest BCUT2D eigenvalue weighted by molar-refractivity contribution is 5.85. The van der Waals surface area contributed by atoms with Crippen LogP contribution in [-0.4, -0.2) is 42.4 Å². The minimum absolute atomic E-state index is 0.126. The molecule has 0 amide bonds. The van der Waals surface area contributed by atoms with Crippen molar-refractivity contribution in [1.82, 2.24) is 20.2 Å². The van der Waals surface area contributed by atoms with Crippen LogP contribution < -0.4 is 0 Å². The van der Waals surface area contributed by atoms with Crippen LogP contribution in [-0.2, 0) is 16.1 Å². The number of carboxylic acid groups (broad SMARTS) is 2. The average molecular weight is 366 g/mol. The monoisotopic (exact) mass is 366 g/mol. The van der Waals surface area contributed by atoms with Crippen LogP contribution >= 0.6 is 0 Å². The predicted octanol–water partition coefficient (Wildman–Crippen LogP) is 2.32. The third kappa shape index (κ3) is 6.99. The molecule has 0 aliphatic carbocycles. The van der Waals surface area contributed by atoms with Gasteiger partial charge in [0.15, 0.2) is 5.82 Å². The number of tetrazole rings is 1. The van der Waals surface area contributed by atoms with Gasteiger partial charge in [0.2, 0.25) is 0 Å². The number of carboxylic acids is 2. The third-order valence-corrected chi connectivity index (χ3v) is 2.86. The van der Waals surface area contributed by atoms with Crippen LogP contribution in [0.5, 0.6) is 0 Å². The number of aliphatic carboxylic acids is 2. The molecule has 1 heterocycles. The Morgan fingerprint density at radius 2 is 1.96 bits per heavy atom. The quantitative estimate of drug-likeness (QED) is 0.753. The molecule has 10 heteroatoms. The molecule has 8 nitrogen and oxygen atoms in total. The van der Waals surface area contributed by atoms with Crippen molar-refractivity contribution in [3.63, 3.8) is 0 Å². The van der Waals surface area contributed by atoms with Gasteiger partial charge in [-0.15, -0.1) is 10.2 Å².